The minimum atomic E-state index is -0.636. The van der Waals surface area contributed by atoms with Crippen molar-refractivity contribution in [1.29, 1.82) is 0 Å². The van der Waals surface area contributed by atoms with Gasteiger partial charge in [-0.25, -0.2) is 0 Å². The molecule has 0 spiro atoms. The predicted octanol–water partition coefficient (Wildman–Crippen LogP) is 4.03. The summed E-state index contributed by atoms with van der Waals surface area (Å²) in [6.45, 7) is 21.7. The number of azide groups is 1. The molecule has 1 saturated heterocycles. The molecule has 3 rings (SSSR count). The van der Waals surface area contributed by atoms with Crippen LogP contribution in [0.3, 0.4) is 0 Å². The first-order valence-corrected chi connectivity index (χ1v) is 20.7. The van der Waals surface area contributed by atoms with E-state index in [0.29, 0.717) is 64.7 Å². The maximum atomic E-state index is 13.1. The van der Waals surface area contributed by atoms with Crippen LogP contribution < -0.4 is 10.1 Å². The van der Waals surface area contributed by atoms with Crippen molar-refractivity contribution in [3.63, 3.8) is 0 Å². The maximum Gasteiger partial charge on any atom is 0.320 e. The molecule has 0 aliphatic carbocycles. The number of amides is 1. The van der Waals surface area contributed by atoms with Gasteiger partial charge < -0.3 is 24.3 Å². The molecule has 1 aromatic carbocycles. The Bertz CT molecular complexity index is 1810. The monoisotopic (exact) mass is 847 g/mol. The third-order valence-electron chi connectivity index (χ3n) is 8.62. The van der Waals surface area contributed by atoms with Crippen LogP contribution in [0.2, 0.25) is 0 Å². The third-order valence-corrected chi connectivity index (χ3v) is 8.62. The molecular formula is C44H65N9O8. The number of nitrogens with zero attached hydrogens (tertiary/aromatic N) is 8. The van der Waals surface area contributed by atoms with Crippen molar-refractivity contribution in [2.45, 2.75) is 85.7 Å². The predicted molar refractivity (Wildman–Crippen MR) is 231 cm³/mol. The van der Waals surface area contributed by atoms with E-state index in [9.17, 15) is 19.2 Å². The van der Waals surface area contributed by atoms with Gasteiger partial charge in [-0.3, -0.25) is 43.8 Å². The molecule has 0 unspecified atom stereocenters. The van der Waals surface area contributed by atoms with E-state index in [1.165, 1.54) is 0 Å². The Morgan fingerprint density at radius 2 is 1.13 bits per heavy atom. The van der Waals surface area contributed by atoms with E-state index in [-0.39, 0.29) is 63.1 Å². The summed E-state index contributed by atoms with van der Waals surface area (Å²) in [5, 5.41) is 5.99. The smallest absolute Gasteiger partial charge is 0.320 e. The zero-order valence-corrected chi connectivity index (χ0v) is 37.5. The number of benzene rings is 1. The second kappa shape index (κ2) is 24.3. The van der Waals surface area contributed by atoms with Gasteiger partial charge in [0.25, 0.3) is 5.91 Å². The van der Waals surface area contributed by atoms with E-state index >= 15 is 0 Å². The third kappa shape index (κ3) is 22.8. The lowest BCUT2D eigenvalue weighted by Crippen LogP contribution is -2.49. The van der Waals surface area contributed by atoms with Crippen LogP contribution in [-0.4, -0.2) is 157 Å². The average molecular weight is 848 g/mol. The zero-order chi connectivity index (χ0) is 45.1. The van der Waals surface area contributed by atoms with Crippen molar-refractivity contribution in [3.05, 3.63) is 69.9 Å². The number of hydrogen-bond acceptors (Lipinski definition) is 14. The Hall–Kier alpha value is -5.24. The number of rotatable bonds is 14. The van der Waals surface area contributed by atoms with E-state index in [1.807, 2.05) is 91.5 Å². The normalized spacial score (nSPS) is 15.4. The lowest BCUT2D eigenvalue weighted by Gasteiger charge is -2.34. The molecule has 0 bridgehead atoms. The van der Waals surface area contributed by atoms with Gasteiger partial charge in [0, 0.05) is 94.2 Å². The molecule has 17 nitrogen and oxygen atoms in total. The summed E-state index contributed by atoms with van der Waals surface area (Å²) in [5.41, 5.74) is 8.77. The number of hydrogen-bond donors (Lipinski definition) is 1. The molecule has 1 aliphatic rings. The van der Waals surface area contributed by atoms with Crippen LogP contribution in [0.1, 0.15) is 79.1 Å². The van der Waals surface area contributed by atoms with Crippen molar-refractivity contribution in [1.82, 2.24) is 29.9 Å². The van der Waals surface area contributed by atoms with Crippen molar-refractivity contribution >= 4 is 23.8 Å². The highest BCUT2D eigenvalue weighted by molar-refractivity contribution is 5.77. The highest BCUT2D eigenvalue weighted by atomic mass is 16.6. The molecule has 0 saturated carbocycles. The topological polar surface area (TPSA) is 192 Å². The van der Waals surface area contributed by atoms with Gasteiger partial charge in [0.2, 0.25) is 0 Å². The minimum Gasteiger partial charge on any atom is -0.484 e. The number of nitrogens with one attached hydrogen (secondary N) is 1. The molecule has 1 amide bonds. The molecule has 1 aliphatic heterocycles. The van der Waals surface area contributed by atoms with Gasteiger partial charge in [-0.05, 0) is 104 Å². The van der Waals surface area contributed by atoms with E-state index in [0.717, 1.165) is 16.8 Å². The summed E-state index contributed by atoms with van der Waals surface area (Å²) < 4.78 is 22.6. The fourth-order valence-electron chi connectivity index (χ4n) is 6.02. The van der Waals surface area contributed by atoms with Crippen LogP contribution in [0, 0.1) is 11.8 Å². The molecule has 2 heterocycles. The van der Waals surface area contributed by atoms with Crippen LogP contribution in [0.25, 0.3) is 10.4 Å². The summed E-state index contributed by atoms with van der Waals surface area (Å²) in [6, 6.07) is 10.9. The highest BCUT2D eigenvalue weighted by Crippen LogP contribution is 2.14. The Morgan fingerprint density at radius 1 is 0.689 bits per heavy atom. The maximum absolute atomic E-state index is 13.1. The van der Waals surface area contributed by atoms with E-state index < -0.39 is 16.8 Å². The lowest BCUT2D eigenvalue weighted by atomic mass is 10.1. The van der Waals surface area contributed by atoms with Crippen LogP contribution in [0.5, 0.6) is 5.75 Å². The number of carbonyl (C=O) groups is 4. The molecule has 2 aromatic rings. The fourth-order valence-corrected chi connectivity index (χ4v) is 6.02. The summed E-state index contributed by atoms with van der Waals surface area (Å²) >= 11 is 0. The van der Waals surface area contributed by atoms with E-state index in [4.69, 9.17) is 24.5 Å². The van der Waals surface area contributed by atoms with Crippen LogP contribution in [0.4, 0.5) is 0 Å². The van der Waals surface area contributed by atoms with Crippen LogP contribution in [0.15, 0.2) is 47.7 Å². The van der Waals surface area contributed by atoms with Crippen molar-refractivity contribution in [3.8, 4) is 17.6 Å². The van der Waals surface area contributed by atoms with Crippen LogP contribution in [-0.2, 0) is 39.9 Å². The van der Waals surface area contributed by atoms with Gasteiger partial charge in [-0.2, -0.15) is 0 Å². The molecule has 334 valence electrons. The fraction of sp³-hybridized carbons (Fsp3) is 0.614. The van der Waals surface area contributed by atoms with Crippen molar-refractivity contribution in [2.24, 2.45) is 5.11 Å². The van der Waals surface area contributed by atoms with Gasteiger partial charge in [-0.15, -0.1) is 0 Å². The molecule has 61 heavy (non-hydrogen) atoms. The number of aromatic nitrogens is 1. The summed E-state index contributed by atoms with van der Waals surface area (Å²) in [6.07, 6.45) is 1.73. The first-order chi connectivity index (χ1) is 28.6. The number of carbonyl (C=O) groups excluding carboxylic acids is 4. The molecule has 0 atom stereocenters. The first-order valence-electron chi connectivity index (χ1n) is 20.7. The molecule has 1 aromatic heterocycles. The largest absolute Gasteiger partial charge is 0.484 e. The quantitative estimate of drug-likeness (QED) is 0.0546. The van der Waals surface area contributed by atoms with E-state index in [2.05, 4.69) is 46.9 Å². The van der Waals surface area contributed by atoms with E-state index in [1.54, 1.807) is 18.3 Å². The van der Waals surface area contributed by atoms with Gasteiger partial charge in [-0.1, -0.05) is 17.0 Å². The van der Waals surface area contributed by atoms with Gasteiger partial charge >= 0.3 is 17.9 Å². The standard InChI is InChI=1S/C44H65N9O8/c1-42(2,3)59-39(55)30-51-22-20-50(21-23-52(31-40(56)60-43(4,5)6)25-27-53(26-24-51)32-41(57)61-44(7,8)9)29-36-28-35(16-17-46-36)11-10-34-12-14-37(15-13-34)58-33-38(54)47-18-19-48-49-45/h12-17,28H,18-27,29-33H2,1-9H3,(H,47,54). The highest BCUT2D eigenvalue weighted by Gasteiger charge is 2.26. The van der Waals surface area contributed by atoms with Gasteiger partial charge in [0.1, 0.15) is 22.6 Å². The molecular weight excluding hydrogens is 783 g/mol. The molecule has 1 fully saturated rings. The molecule has 1 N–H and O–H groups in total. The second-order valence-electron chi connectivity index (χ2n) is 17.8. The Balaban J connectivity index is 1.79. The lowest BCUT2D eigenvalue weighted by molar-refractivity contribution is -0.158. The van der Waals surface area contributed by atoms with Crippen molar-refractivity contribution < 1.29 is 38.1 Å². The Morgan fingerprint density at radius 3 is 1.57 bits per heavy atom. The minimum absolute atomic E-state index is 0.0672. The Labute approximate surface area is 361 Å². The first kappa shape index (κ1) is 50.1. The summed E-state index contributed by atoms with van der Waals surface area (Å²) in [4.78, 5) is 66.8. The van der Waals surface area contributed by atoms with Gasteiger partial charge in [0.05, 0.1) is 25.3 Å². The number of esters is 3. The second-order valence-corrected chi connectivity index (χ2v) is 17.8. The summed E-state index contributed by atoms with van der Waals surface area (Å²) in [5.74, 6) is 5.59. The SMILES string of the molecule is CC(C)(C)OC(=O)CN1CCN(CC(=O)OC(C)(C)C)CCN(Cc2cc(C#Cc3ccc(OCC(=O)NCCN=[N+]=[N-])cc3)ccn2)CCN(CC(=O)OC(C)(C)C)CC1. The van der Waals surface area contributed by atoms with Gasteiger partial charge in [0.15, 0.2) is 6.61 Å². The molecule has 17 heteroatoms. The summed E-state index contributed by atoms with van der Waals surface area (Å²) in [7, 11) is 0. The average Bonchev–Trinajstić information content (AvgIpc) is 3.14. The zero-order valence-electron chi connectivity index (χ0n) is 37.5. The number of ether oxygens (including phenoxy) is 4. The Kier molecular flexibility index (Phi) is 19.9. The van der Waals surface area contributed by atoms with Crippen molar-refractivity contribution in [2.75, 3.05) is 91.7 Å². The van der Waals surface area contributed by atoms with Crippen LogP contribution >= 0.6 is 0 Å². The number of pyridine rings is 1. The molecule has 0 radical (unpaired) electrons.